The maximum atomic E-state index is 13.0. The number of anilines is 1. The number of carbonyl (C=O) groups excluding carboxylic acids is 1. The van der Waals surface area contributed by atoms with Crippen LogP contribution < -0.4 is 10.1 Å². The fourth-order valence-electron chi connectivity index (χ4n) is 3.66. The highest BCUT2D eigenvalue weighted by Crippen LogP contribution is 2.40. The zero-order valence-corrected chi connectivity index (χ0v) is 20.2. The summed E-state index contributed by atoms with van der Waals surface area (Å²) in [6.45, 7) is 6.32. The minimum atomic E-state index is -0.541. The fourth-order valence-corrected chi connectivity index (χ4v) is 4.34. The molecule has 0 fully saturated rings. The number of esters is 1. The van der Waals surface area contributed by atoms with Crippen LogP contribution in [-0.4, -0.2) is 33.1 Å². The smallest absolute Gasteiger partial charge is 0.338 e. The Morgan fingerprint density at radius 2 is 1.94 bits per heavy atom. The third kappa shape index (κ3) is 5.02. The molecule has 1 aliphatic rings. The number of rotatable bonds is 8. The Balaban J connectivity index is 1.76. The highest BCUT2D eigenvalue weighted by Gasteiger charge is 2.36. The molecule has 3 aromatic rings. The summed E-state index contributed by atoms with van der Waals surface area (Å²) in [6, 6.07) is 14.6. The first-order valence-corrected chi connectivity index (χ1v) is 12.1. The van der Waals surface area contributed by atoms with E-state index in [0.717, 1.165) is 16.9 Å². The van der Waals surface area contributed by atoms with Gasteiger partial charge in [0.2, 0.25) is 11.1 Å². The van der Waals surface area contributed by atoms with Crippen LogP contribution in [0.25, 0.3) is 0 Å². The number of nitrogens with one attached hydrogen (secondary N) is 1. The van der Waals surface area contributed by atoms with Gasteiger partial charge in [0.25, 0.3) is 0 Å². The Morgan fingerprint density at radius 3 is 2.67 bits per heavy atom. The van der Waals surface area contributed by atoms with E-state index < -0.39 is 12.0 Å². The molecule has 2 heterocycles. The second kappa shape index (κ2) is 10.3. The number of ether oxygens (including phenoxy) is 2. The molecule has 0 bridgehead atoms. The van der Waals surface area contributed by atoms with Gasteiger partial charge >= 0.3 is 5.97 Å². The minimum absolute atomic E-state index is 0.276. The molecule has 1 aliphatic heterocycles. The van der Waals surface area contributed by atoms with Crippen LogP contribution in [0.1, 0.15) is 37.9 Å². The summed E-state index contributed by atoms with van der Waals surface area (Å²) in [5, 5.41) is 9.22. The third-order valence-corrected chi connectivity index (χ3v) is 6.09. The average molecular weight is 485 g/mol. The normalized spacial score (nSPS) is 15.1. The van der Waals surface area contributed by atoms with Gasteiger partial charge in [0.05, 0.1) is 12.2 Å². The number of benzene rings is 2. The monoisotopic (exact) mass is 484 g/mol. The van der Waals surface area contributed by atoms with Gasteiger partial charge in [0, 0.05) is 16.3 Å². The second-order valence-electron chi connectivity index (χ2n) is 7.34. The number of carbonyl (C=O) groups is 1. The van der Waals surface area contributed by atoms with Crippen molar-refractivity contribution in [2.45, 2.75) is 38.6 Å². The third-order valence-electron chi connectivity index (χ3n) is 5.12. The lowest BCUT2D eigenvalue weighted by molar-refractivity contribution is -0.139. The van der Waals surface area contributed by atoms with E-state index in [1.54, 1.807) is 23.4 Å². The van der Waals surface area contributed by atoms with Crippen molar-refractivity contribution < 1.29 is 14.3 Å². The molecule has 1 aromatic heterocycles. The maximum absolute atomic E-state index is 13.0. The van der Waals surface area contributed by atoms with Crippen LogP contribution in [0, 0.1) is 0 Å². The number of allylic oxidation sites excluding steroid dienone is 1. The van der Waals surface area contributed by atoms with Gasteiger partial charge in [-0.1, -0.05) is 60.6 Å². The summed E-state index contributed by atoms with van der Waals surface area (Å²) < 4.78 is 13.3. The van der Waals surface area contributed by atoms with Crippen LogP contribution in [0.15, 0.2) is 65.0 Å². The summed E-state index contributed by atoms with van der Waals surface area (Å²) >= 11 is 7.54. The zero-order valence-electron chi connectivity index (χ0n) is 18.7. The first-order valence-electron chi connectivity index (χ1n) is 10.7. The molecule has 0 saturated carbocycles. The molecule has 1 N–H and O–H groups in total. The van der Waals surface area contributed by atoms with Crippen LogP contribution in [-0.2, 0) is 16.1 Å². The summed E-state index contributed by atoms with van der Waals surface area (Å²) in [5.41, 5.74) is 2.94. The molecule has 1 atom stereocenters. The van der Waals surface area contributed by atoms with Crippen LogP contribution >= 0.6 is 23.4 Å². The molecule has 4 rings (SSSR count). The molecule has 0 amide bonds. The molecule has 0 saturated heterocycles. The number of halogens is 1. The Hall–Kier alpha value is -2.97. The van der Waals surface area contributed by atoms with E-state index >= 15 is 0 Å². The Labute approximate surface area is 202 Å². The van der Waals surface area contributed by atoms with Gasteiger partial charge in [-0.25, -0.2) is 9.48 Å². The Bertz CT molecular complexity index is 1180. The van der Waals surface area contributed by atoms with Crippen LogP contribution in [0.4, 0.5) is 5.95 Å². The van der Waals surface area contributed by atoms with E-state index in [-0.39, 0.29) is 6.61 Å². The topological polar surface area (TPSA) is 78.3 Å². The number of para-hydroxylation sites is 1. The van der Waals surface area contributed by atoms with Gasteiger partial charge in [-0.15, -0.1) is 5.10 Å². The summed E-state index contributed by atoms with van der Waals surface area (Å²) in [7, 11) is 0. The van der Waals surface area contributed by atoms with Gasteiger partial charge in [-0.05, 0) is 43.4 Å². The van der Waals surface area contributed by atoms with E-state index in [1.807, 2.05) is 62.4 Å². The molecular weight excluding hydrogens is 460 g/mol. The quantitative estimate of drug-likeness (QED) is 0.335. The number of aromatic nitrogens is 3. The predicted octanol–water partition coefficient (Wildman–Crippen LogP) is 5.47. The SMILES string of the molecule is CCOC(=O)C1=C(C)Nc2nc(SCC)nn2C1c1ccccc1OCc1ccc(Cl)cc1. The molecule has 33 heavy (non-hydrogen) atoms. The highest BCUT2D eigenvalue weighted by atomic mass is 35.5. The van der Waals surface area contributed by atoms with E-state index in [9.17, 15) is 4.79 Å². The standard InChI is InChI=1S/C24H25ClN4O3S/c1-4-31-22(30)20-15(3)26-23-27-24(33-5-2)28-29(23)21(20)18-8-6-7-9-19(18)32-14-16-10-12-17(25)13-11-16/h6-13,21H,4-5,14H2,1-3H3,(H,26,27,28). The van der Waals surface area contributed by atoms with Crippen LogP contribution in [0.2, 0.25) is 5.02 Å². The van der Waals surface area contributed by atoms with Gasteiger partial charge in [-0.2, -0.15) is 4.98 Å². The van der Waals surface area contributed by atoms with Crippen molar-refractivity contribution in [1.82, 2.24) is 14.8 Å². The lowest BCUT2D eigenvalue weighted by Gasteiger charge is -2.29. The number of nitrogens with zero attached hydrogens (tertiary/aromatic N) is 3. The zero-order chi connectivity index (χ0) is 23.4. The maximum Gasteiger partial charge on any atom is 0.338 e. The predicted molar refractivity (Wildman–Crippen MR) is 130 cm³/mol. The molecular formula is C24H25ClN4O3S. The van der Waals surface area contributed by atoms with E-state index in [1.165, 1.54) is 0 Å². The van der Waals surface area contributed by atoms with E-state index in [4.69, 9.17) is 21.1 Å². The largest absolute Gasteiger partial charge is 0.489 e. The summed E-state index contributed by atoms with van der Waals surface area (Å²) in [5.74, 6) is 1.67. The molecule has 0 spiro atoms. The van der Waals surface area contributed by atoms with Crippen molar-refractivity contribution in [3.8, 4) is 5.75 Å². The average Bonchev–Trinajstić information content (AvgIpc) is 3.20. The highest BCUT2D eigenvalue weighted by molar-refractivity contribution is 7.99. The Kier molecular flexibility index (Phi) is 7.25. The lowest BCUT2D eigenvalue weighted by Crippen LogP contribution is -2.30. The number of thioether (sulfide) groups is 1. The molecule has 9 heteroatoms. The molecule has 2 aromatic carbocycles. The lowest BCUT2D eigenvalue weighted by atomic mass is 9.95. The van der Waals surface area contributed by atoms with Crippen molar-refractivity contribution in [2.24, 2.45) is 0 Å². The van der Waals surface area contributed by atoms with Crippen molar-refractivity contribution in [1.29, 1.82) is 0 Å². The van der Waals surface area contributed by atoms with Crippen molar-refractivity contribution in [3.05, 3.63) is 76.0 Å². The number of fused-ring (bicyclic) bond motifs is 1. The minimum Gasteiger partial charge on any atom is -0.489 e. The first kappa shape index (κ1) is 23.2. The number of hydrogen-bond acceptors (Lipinski definition) is 7. The molecule has 0 radical (unpaired) electrons. The van der Waals surface area contributed by atoms with Gasteiger partial charge < -0.3 is 14.8 Å². The van der Waals surface area contributed by atoms with Crippen LogP contribution in [0.5, 0.6) is 5.75 Å². The molecule has 7 nitrogen and oxygen atoms in total. The number of hydrogen-bond donors (Lipinski definition) is 1. The van der Waals surface area contributed by atoms with E-state index in [2.05, 4.69) is 15.4 Å². The van der Waals surface area contributed by atoms with Crippen molar-refractivity contribution in [2.75, 3.05) is 17.7 Å². The molecule has 172 valence electrons. The first-order chi connectivity index (χ1) is 16.0. The fraction of sp³-hybridized carbons (Fsp3) is 0.292. The second-order valence-corrected chi connectivity index (χ2v) is 9.00. The van der Waals surface area contributed by atoms with Gasteiger partial charge in [-0.3, -0.25) is 0 Å². The van der Waals surface area contributed by atoms with Gasteiger partial charge in [0.15, 0.2) is 0 Å². The molecule has 0 aliphatic carbocycles. The molecule has 1 unspecified atom stereocenters. The summed E-state index contributed by atoms with van der Waals surface area (Å²) in [4.78, 5) is 17.6. The van der Waals surface area contributed by atoms with Crippen molar-refractivity contribution >= 4 is 35.3 Å². The van der Waals surface area contributed by atoms with Crippen molar-refractivity contribution in [3.63, 3.8) is 0 Å². The van der Waals surface area contributed by atoms with Crippen LogP contribution in [0.3, 0.4) is 0 Å². The summed E-state index contributed by atoms with van der Waals surface area (Å²) in [6.07, 6.45) is 0. The Morgan fingerprint density at radius 1 is 1.18 bits per heavy atom. The van der Waals surface area contributed by atoms with Gasteiger partial charge in [0.1, 0.15) is 18.4 Å². The van der Waals surface area contributed by atoms with E-state index in [0.29, 0.717) is 39.8 Å².